The standard InChI is InChI=1S/C16H16Cl3NO/c1-2-21-10-11-5-3-4-6-15(11)20-9-12-13(17)7-8-14(18)16(12)19/h3-8,20H,2,9-10H2,1H3. The van der Waals surface area contributed by atoms with E-state index in [0.717, 1.165) is 16.8 Å². The first-order valence-electron chi connectivity index (χ1n) is 6.65. The summed E-state index contributed by atoms with van der Waals surface area (Å²) in [5.74, 6) is 0. The molecule has 2 rings (SSSR count). The summed E-state index contributed by atoms with van der Waals surface area (Å²) in [6, 6.07) is 11.4. The van der Waals surface area contributed by atoms with E-state index in [4.69, 9.17) is 39.5 Å². The largest absolute Gasteiger partial charge is 0.381 e. The minimum absolute atomic E-state index is 0.485. The highest BCUT2D eigenvalue weighted by molar-refractivity contribution is 6.44. The maximum Gasteiger partial charge on any atom is 0.0736 e. The maximum absolute atomic E-state index is 6.21. The second kappa shape index (κ2) is 7.90. The minimum atomic E-state index is 0.485. The Morgan fingerprint density at radius 2 is 1.71 bits per heavy atom. The van der Waals surface area contributed by atoms with Crippen molar-refractivity contribution < 1.29 is 4.74 Å². The van der Waals surface area contributed by atoms with E-state index < -0.39 is 0 Å². The lowest BCUT2D eigenvalue weighted by atomic mass is 10.1. The first-order chi connectivity index (χ1) is 10.1. The second-order valence-corrected chi connectivity index (χ2v) is 5.66. The van der Waals surface area contributed by atoms with Crippen molar-refractivity contribution in [3.8, 4) is 0 Å². The fourth-order valence-corrected chi connectivity index (χ4v) is 2.63. The number of hydrogen-bond acceptors (Lipinski definition) is 2. The molecule has 2 aromatic rings. The maximum atomic E-state index is 6.21. The van der Waals surface area contributed by atoms with Crippen LogP contribution in [0.3, 0.4) is 0 Å². The lowest BCUT2D eigenvalue weighted by molar-refractivity contribution is 0.134. The van der Waals surface area contributed by atoms with Gasteiger partial charge in [0, 0.05) is 35.0 Å². The first-order valence-corrected chi connectivity index (χ1v) is 7.78. The van der Waals surface area contributed by atoms with Crippen LogP contribution in [0.2, 0.25) is 15.1 Å². The minimum Gasteiger partial charge on any atom is -0.381 e. The monoisotopic (exact) mass is 343 g/mol. The van der Waals surface area contributed by atoms with Crippen LogP contribution in [0, 0.1) is 0 Å². The van der Waals surface area contributed by atoms with Gasteiger partial charge in [0.15, 0.2) is 0 Å². The van der Waals surface area contributed by atoms with E-state index in [1.165, 1.54) is 0 Å². The molecule has 0 amide bonds. The molecule has 0 aliphatic rings. The number of benzene rings is 2. The van der Waals surface area contributed by atoms with Gasteiger partial charge in [-0.3, -0.25) is 0 Å². The number of halogens is 3. The molecule has 0 saturated carbocycles. The van der Waals surface area contributed by atoms with Crippen LogP contribution >= 0.6 is 34.8 Å². The Morgan fingerprint density at radius 1 is 1.00 bits per heavy atom. The van der Waals surface area contributed by atoms with Gasteiger partial charge < -0.3 is 10.1 Å². The SMILES string of the molecule is CCOCc1ccccc1NCc1c(Cl)ccc(Cl)c1Cl. The molecule has 0 spiro atoms. The molecule has 0 atom stereocenters. The highest BCUT2D eigenvalue weighted by atomic mass is 35.5. The van der Waals surface area contributed by atoms with Crippen LogP contribution in [0.15, 0.2) is 36.4 Å². The lowest BCUT2D eigenvalue weighted by Gasteiger charge is -2.14. The molecule has 0 heterocycles. The third kappa shape index (κ3) is 4.27. The van der Waals surface area contributed by atoms with Crippen LogP contribution in [0.1, 0.15) is 18.1 Å². The van der Waals surface area contributed by atoms with Crippen molar-refractivity contribution in [1.29, 1.82) is 0 Å². The number of rotatable bonds is 6. The number of hydrogen-bond donors (Lipinski definition) is 1. The van der Waals surface area contributed by atoms with Gasteiger partial charge in [-0.1, -0.05) is 53.0 Å². The smallest absolute Gasteiger partial charge is 0.0736 e. The van der Waals surface area contributed by atoms with Crippen LogP contribution in [-0.2, 0) is 17.9 Å². The number of para-hydroxylation sites is 1. The van der Waals surface area contributed by atoms with E-state index in [1.807, 2.05) is 31.2 Å². The molecule has 0 bridgehead atoms. The molecule has 2 aromatic carbocycles. The van der Waals surface area contributed by atoms with Crippen LogP contribution in [0.5, 0.6) is 0 Å². The van der Waals surface area contributed by atoms with Gasteiger partial charge in [0.1, 0.15) is 0 Å². The second-order valence-electron chi connectivity index (χ2n) is 4.47. The normalized spacial score (nSPS) is 10.7. The summed E-state index contributed by atoms with van der Waals surface area (Å²) in [5.41, 5.74) is 2.88. The number of ether oxygens (including phenoxy) is 1. The molecular weight excluding hydrogens is 329 g/mol. The van der Waals surface area contributed by atoms with Gasteiger partial charge in [0.05, 0.1) is 16.7 Å². The molecule has 0 radical (unpaired) electrons. The molecule has 5 heteroatoms. The van der Waals surface area contributed by atoms with Crippen molar-refractivity contribution in [3.63, 3.8) is 0 Å². The fourth-order valence-electron chi connectivity index (χ4n) is 1.95. The summed E-state index contributed by atoms with van der Waals surface area (Å²) < 4.78 is 5.47. The lowest BCUT2D eigenvalue weighted by Crippen LogP contribution is -2.05. The van der Waals surface area contributed by atoms with Gasteiger partial charge >= 0.3 is 0 Å². The Hall–Kier alpha value is -0.930. The van der Waals surface area contributed by atoms with E-state index in [1.54, 1.807) is 12.1 Å². The van der Waals surface area contributed by atoms with Crippen molar-refractivity contribution in [1.82, 2.24) is 0 Å². The zero-order chi connectivity index (χ0) is 15.2. The Labute approximate surface area is 140 Å². The molecule has 112 valence electrons. The molecule has 0 aromatic heterocycles. The van der Waals surface area contributed by atoms with E-state index in [-0.39, 0.29) is 0 Å². The van der Waals surface area contributed by atoms with Gasteiger partial charge in [-0.2, -0.15) is 0 Å². The summed E-state index contributed by atoms with van der Waals surface area (Å²) in [5, 5.41) is 4.92. The molecule has 0 unspecified atom stereocenters. The zero-order valence-corrected chi connectivity index (χ0v) is 13.9. The quantitative estimate of drug-likeness (QED) is 0.669. The summed E-state index contributed by atoms with van der Waals surface area (Å²) >= 11 is 18.4. The van der Waals surface area contributed by atoms with Gasteiger partial charge in [-0.15, -0.1) is 0 Å². The highest BCUT2D eigenvalue weighted by Gasteiger charge is 2.10. The first kappa shape index (κ1) is 16.4. The molecule has 0 aliphatic carbocycles. The average molecular weight is 345 g/mol. The topological polar surface area (TPSA) is 21.3 Å². The average Bonchev–Trinajstić information content (AvgIpc) is 2.50. The molecular formula is C16H16Cl3NO. The van der Waals surface area contributed by atoms with Crippen molar-refractivity contribution in [2.75, 3.05) is 11.9 Å². The summed E-state index contributed by atoms with van der Waals surface area (Å²) in [7, 11) is 0. The molecule has 1 N–H and O–H groups in total. The molecule has 0 aliphatic heterocycles. The van der Waals surface area contributed by atoms with E-state index in [0.29, 0.717) is 34.8 Å². The summed E-state index contributed by atoms with van der Waals surface area (Å²) in [4.78, 5) is 0. The van der Waals surface area contributed by atoms with Crippen LogP contribution in [0.25, 0.3) is 0 Å². The predicted octanol–water partition coefficient (Wildman–Crippen LogP) is 5.80. The van der Waals surface area contributed by atoms with Crippen molar-refractivity contribution in [2.45, 2.75) is 20.1 Å². The van der Waals surface area contributed by atoms with Crippen LogP contribution in [0.4, 0.5) is 5.69 Å². The summed E-state index contributed by atoms with van der Waals surface area (Å²) in [6.07, 6.45) is 0. The van der Waals surface area contributed by atoms with Gasteiger partial charge in [-0.25, -0.2) is 0 Å². The van der Waals surface area contributed by atoms with Crippen molar-refractivity contribution >= 4 is 40.5 Å². The van der Waals surface area contributed by atoms with Crippen molar-refractivity contribution in [2.24, 2.45) is 0 Å². The van der Waals surface area contributed by atoms with Gasteiger partial charge in [-0.05, 0) is 25.1 Å². The number of anilines is 1. The Morgan fingerprint density at radius 3 is 2.48 bits per heavy atom. The Bertz CT molecular complexity index is 616. The zero-order valence-electron chi connectivity index (χ0n) is 11.6. The fraction of sp³-hybridized carbons (Fsp3) is 0.250. The Kier molecular flexibility index (Phi) is 6.19. The third-order valence-corrected chi connectivity index (χ3v) is 4.27. The van der Waals surface area contributed by atoms with Crippen molar-refractivity contribution in [3.05, 3.63) is 62.6 Å². The molecule has 0 fully saturated rings. The third-order valence-electron chi connectivity index (χ3n) is 3.07. The van der Waals surface area contributed by atoms with Crippen LogP contribution in [-0.4, -0.2) is 6.61 Å². The predicted molar refractivity (Wildman–Crippen MR) is 90.6 cm³/mol. The van der Waals surface area contributed by atoms with Crippen LogP contribution < -0.4 is 5.32 Å². The molecule has 0 saturated heterocycles. The molecule has 21 heavy (non-hydrogen) atoms. The van der Waals surface area contributed by atoms with E-state index in [9.17, 15) is 0 Å². The highest BCUT2D eigenvalue weighted by Crippen LogP contribution is 2.32. The van der Waals surface area contributed by atoms with Gasteiger partial charge in [0.25, 0.3) is 0 Å². The van der Waals surface area contributed by atoms with E-state index in [2.05, 4.69) is 5.32 Å². The Balaban J connectivity index is 2.15. The van der Waals surface area contributed by atoms with E-state index >= 15 is 0 Å². The molecule has 2 nitrogen and oxygen atoms in total. The summed E-state index contributed by atoms with van der Waals surface area (Å²) in [6.45, 7) is 3.72. The van der Waals surface area contributed by atoms with Gasteiger partial charge in [0.2, 0.25) is 0 Å². The number of nitrogens with one attached hydrogen (secondary N) is 1.